The summed E-state index contributed by atoms with van der Waals surface area (Å²) in [5, 5.41) is 10.3. The zero-order valence-electron chi connectivity index (χ0n) is 20.2. The summed E-state index contributed by atoms with van der Waals surface area (Å²) in [7, 11) is 5.22. The van der Waals surface area contributed by atoms with E-state index >= 15 is 0 Å². The SMILES string of the molecule is COc1cc2c(cc1OC)CC(=O)N(CCCN(C)C[C@@H](O)COc1ccccc1C)CC2. The van der Waals surface area contributed by atoms with E-state index in [-0.39, 0.29) is 12.5 Å². The van der Waals surface area contributed by atoms with Crippen molar-refractivity contribution in [3.05, 3.63) is 53.1 Å². The number of carbonyl (C=O) groups excluding carboxylic acids is 1. The molecule has 0 saturated heterocycles. The minimum atomic E-state index is -0.575. The molecule has 7 heteroatoms. The second-order valence-electron chi connectivity index (χ2n) is 8.63. The number of benzene rings is 2. The molecule has 0 bridgehead atoms. The van der Waals surface area contributed by atoms with E-state index in [2.05, 4.69) is 4.90 Å². The van der Waals surface area contributed by atoms with Crippen molar-refractivity contribution in [1.29, 1.82) is 0 Å². The van der Waals surface area contributed by atoms with Crippen molar-refractivity contribution < 1.29 is 24.1 Å². The quantitative estimate of drug-likeness (QED) is 0.561. The van der Waals surface area contributed by atoms with Crippen LogP contribution in [0.15, 0.2) is 36.4 Å². The Kier molecular flexibility index (Phi) is 8.97. The molecule has 0 saturated carbocycles. The lowest BCUT2D eigenvalue weighted by Crippen LogP contribution is -2.37. The second-order valence-corrected chi connectivity index (χ2v) is 8.63. The Hall–Kier alpha value is -2.77. The van der Waals surface area contributed by atoms with E-state index in [1.54, 1.807) is 14.2 Å². The summed E-state index contributed by atoms with van der Waals surface area (Å²) in [4.78, 5) is 16.8. The van der Waals surface area contributed by atoms with Gasteiger partial charge in [0.25, 0.3) is 0 Å². The van der Waals surface area contributed by atoms with E-state index < -0.39 is 6.10 Å². The van der Waals surface area contributed by atoms with Gasteiger partial charge >= 0.3 is 0 Å². The first-order valence-corrected chi connectivity index (χ1v) is 11.5. The maximum Gasteiger partial charge on any atom is 0.227 e. The summed E-state index contributed by atoms with van der Waals surface area (Å²) in [5.41, 5.74) is 3.20. The minimum Gasteiger partial charge on any atom is -0.493 e. The molecular formula is C26H36N2O5. The molecule has 0 fully saturated rings. The molecule has 1 N–H and O–H groups in total. The number of likely N-dealkylation sites (N-methyl/N-ethyl adjacent to an activating group) is 1. The lowest BCUT2D eigenvalue weighted by atomic mass is 10.0. The fourth-order valence-electron chi connectivity index (χ4n) is 4.19. The number of aliphatic hydroxyl groups excluding tert-OH is 1. The van der Waals surface area contributed by atoms with Crippen molar-refractivity contribution in [2.24, 2.45) is 0 Å². The van der Waals surface area contributed by atoms with Crippen LogP contribution in [0.2, 0.25) is 0 Å². The zero-order valence-corrected chi connectivity index (χ0v) is 20.2. The molecule has 3 rings (SSSR count). The van der Waals surface area contributed by atoms with Gasteiger partial charge < -0.3 is 29.1 Å². The van der Waals surface area contributed by atoms with E-state index in [1.165, 1.54) is 0 Å². The van der Waals surface area contributed by atoms with Crippen LogP contribution in [0.25, 0.3) is 0 Å². The maximum atomic E-state index is 12.8. The van der Waals surface area contributed by atoms with Crippen LogP contribution in [0.3, 0.4) is 0 Å². The summed E-state index contributed by atoms with van der Waals surface area (Å²) in [5.74, 6) is 2.29. The summed E-state index contributed by atoms with van der Waals surface area (Å²) in [6, 6.07) is 11.7. The van der Waals surface area contributed by atoms with Crippen LogP contribution in [0.5, 0.6) is 17.2 Å². The number of hydrogen-bond acceptors (Lipinski definition) is 6. The third-order valence-electron chi connectivity index (χ3n) is 6.07. The average molecular weight is 457 g/mol. The number of rotatable bonds is 11. The Labute approximate surface area is 196 Å². The highest BCUT2D eigenvalue weighted by atomic mass is 16.5. The molecule has 0 radical (unpaired) electrons. The highest BCUT2D eigenvalue weighted by Crippen LogP contribution is 2.32. The lowest BCUT2D eigenvalue weighted by molar-refractivity contribution is -0.130. The van der Waals surface area contributed by atoms with E-state index in [0.717, 1.165) is 41.8 Å². The van der Waals surface area contributed by atoms with Gasteiger partial charge in [0, 0.05) is 19.6 Å². The molecule has 0 aliphatic carbocycles. The molecule has 0 unspecified atom stereocenters. The van der Waals surface area contributed by atoms with Gasteiger partial charge in [-0.2, -0.15) is 0 Å². The average Bonchev–Trinajstić information content (AvgIpc) is 2.95. The van der Waals surface area contributed by atoms with Gasteiger partial charge in [0.1, 0.15) is 18.5 Å². The van der Waals surface area contributed by atoms with Gasteiger partial charge in [-0.25, -0.2) is 0 Å². The van der Waals surface area contributed by atoms with Crippen LogP contribution in [0.4, 0.5) is 0 Å². The zero-order chi connectivity index (χ0) is 23.8. The van der Waals surface area contributed by atoms with Crippen LogP contribution in [-0.2, 0) is 17.6 Å². The standard InChI is InChI=1S/C26H36N2O5/c1-19-8-5-6-9-23(19)33-18-22(29)17-27(2)11-7-12-28-13-10-20-14-24(31-3)25(32-4)15-21(20)16-26(28)30/h5-6,8-9,14-15,22,29H,7,10-13,16-18H2,1-4H3/t22-/m1/s1. The molecule has 2 aromatic carbocycles. The Morgan fingerprint density at radius 3 is 2.48 bits per heavy atom. The Balaban J connectivity index is 1.43. The fourth-order valence-corrected chi connectivity index (χ4v) is 4.19. The Morgan fingerprint density at radius 1 is 1.09 bits per heavy atom. The number of carbonyl (C=O) groups is 1. The Morgan fingerprint density at radius 2 is 1.79 bits per heavy atom. The van der Waals surface area contributed by atoms with Crippen LogP contribution in [0.1, 0.15) is 23.1 Å². The predicted molar refractivity (Wildman–Crippen MR) is 128 cm³/mol. The highest BCUT2D eigenvalue weighted by Gasteiger charge is 2.22. The van der Waals surface area contributed by atoms with Crippen molar-refractivity contribution in [1.82, 2.24) is 9.80 Å². The number of ether oxygens (including phenoxy) is 3. The topological polar surface area (TPSA) is 71.5 Å². The van der Waals surface area contributed by atoms with Gasteiger partial charge in [-0.05, 0) is 68.2 Å². The summed E-state index contributed by atoms with van der Waals surface area (Å²) < 4.78 is 16.5. The molecule has 0 spiro atoms. The van der Waals surface area contributed by atoms with Crippen LogP contribution < -0.4 is 14.2 Å². The first kappa shape index (κ1) is 24.9. The molecule has 1 amide bonds. The Bertz CT molecular complexity index is 933. The number of aliphatic hydroxyl groups is 1. The highest BCUT2D eigenvalue weighted by molar-refractivity contribution is 5.80. The van der Waals surface area contributed by atoms with Gasteiger partial charge in [0.05, 0.1) is 20.6 Å². The number of amides is 1. The minimum absolute atomic E-state index is 0.135. The molecule has 33 heavy (non-hydrogen) atoms. The lowest BCUT2D eigenvalue weighted by Gasteiger charge is -2.24. The van der Waals surface area contributed by atoms with E-state index in [4.69, 9.17) is 14.2 Å². The normalized spacial score (nSPS) is 14.6. The van der Waals surface area contributed by atoms with Gasteiger partial charge in [0.15, 0.2) is 11.5 Å². The van der Waals surface area contributed by atoms with Crippen LogP contribution in [0, 0.1) is 6.92 Å². The monoisotopic (exact) mass is 456 g/mol. The van der Waals surface area contributed by atoms with Gasteiger partial charge in [-0.3, -0.25) is 4.79 Å². The molecule has 0 aromatic heterocycles. The molecule has 1 heterocycles. The third-order valence-corrected chi connectivity index (χ3v) is 6.07. The van der Waals surface area contributed by atoms with Crippen molar-refractivity contribution in [3.63, 3.8) is 0 Å². The third kappa shape index (κ3) is 6.85. The van der Waals surface area contributed by atoms with Crippen molar-refractivity contribution in [2.45, 2.75) is 32.3 Å². The van der Waals surface area contributed by atoms with E-state index in [1.807, 2.05) is 55.3 Å². The number of aryl methyl sites for hydroxylation is 1. The smallest absolute Gasteiger partial charge is 0.227 e. The van der Waals surface area contributed by atoms with Crippen molar-refractivity contribution in [2.75, 3.05) is 54.1 Å². The first-order chi connectivity index (χ1) is 15.9. The number of para-hydroxylation sites is 1. The predicted octanol–water partition coefficient (Wildman–Crippen LogP) is 2.70. The van der Waals surface area contributed by atoms with Crippen molar-refractivity contribution in [3.8, 4) is 17.2 Å². The van der Waals surface area contributed by atoms with Gasteiger partial charge in [0.2, 0.25) is 5.91 Å². The second kappa shape index (κ2) is 11.9. The molecule has 2 aromatic rings. The van der Waals surface area contributed by atoms with Crippen LogP contribution in [-0.4, -0.2) is 81.0 Å². The molecule has 1 aliphatic rings. The first-order valence-electron chi connectivity index (χ1n) is 11.5. The molecule has 1 atom stereocenters. The molecular weight excluding hydrogens is 420 g/mol. The maximum absolute atomic E-state index is 12.8. The number of methoxy groups -OCH3 is 2. The summed E-state index contributed by atoms with van der Waals surface area (Å²) in [6.07, 6.45) is 1.44. The van der Waals surface area contributed by atoms with E-state index in [9.17, 15) is 9.90 Å². The molecule has 1 aliphatic heterocycles. The number of hydrogen-bond donors (Lipinski definition) is 1. The van der Waals surface area contributed by atoms with Gasteiger partial charge in [-0.1, -0.05) is 18.2 Å². The molecule has 7 nitrogen and oxygen atoms in total. The number of nitrogens with zero attached hydrogens (tertiary/aromatic N) is 2. The number of fused-ring (bicyclic) bond motifs is 1. The summed E-state index contributed by atoms with van der Waals surface area (Å²) >= 11 is 0. The van der Waals surface area contributed by atoms with Crippen molar-refractivity contribution >= 4 is 5.91 Å². The molecule has 180 valence electrons. The largest absolute Gasteiger partial charge is 0.493 e. The van der Waals surface area contributed by atoms with Crippen LogP contribution >= 0.6 is 0 Å². The van der Waals surface area contributed by atoms with E-state index in [0.29, 0.717) is 37.6 Å². The van der Waals surface area contributed by atoms with Gasteiger partial charge in [-0.15, -0.1) is 0 Å². The summed E-state index contributed by atoms with van der Waals surface area (Å²) in [6.45, 7) is 4.94. The fraction of sp³-hybridized carbons (Fsp3) is 0.500.